The van der Waals surface area contributed by atoms with Gasteiger partial charge in [-0.2, -0.15) is 10.2 Å². The van der Waals surface area contributed by atoms with E-state index >= 15 is 0 Å². The van der Waals surface area contributed by atoms with Crippen LogP contribution in [0.1, 0.15) is 17.3 Å². The van der Waals surface area contributed by atoms with Crippen LogP contribution in [-0.2, 0) is 13.6 Å². The van der Waals surface area contributed by atoms with Gasteiger partial charge in [-0.05, 0) is 6.92 Å². The molecule has 3 aromatic rings. The molecule has 0 aromatic carbocycles. The molecule has 3 aromatic heterocycles. The Bertz CT molecular complexity index is 906. The van der Waals surface area contributed by atoms with Gasteiger partial charge in [-0.25, -0.2) is 9.97 Å². The molecule has 0 aliphatic carbocycles. The summed E-state index contributed by atoms with van der Waals surface area (Å²) in [6.07, 6.45) is 6.80. The molecular weight excluding hydrogens is 320 g/mol. The molecule has 0 bridgehead atoms. The molecule has 0 saturated carbocycles. The maximum Gasteiger partial charge on any atom is 0.257 e. The van der Waals surface area contributed by atoms with Crippen molar-refractivity contribution in [3.63, 3.8) is 0 Å². The Hall–Kier alpha value is -2.97. The second-order valence-corrected chi connectivity index (χ2v) is 6.07. The summed E-state index contributed by atoms with van der Waals surface area (Å²) in [6.45, 7) is 5.53. The fourth-order valence-corrected chi connectivity index (χ4v) is 3.15. The Kier molecular flexibility index (Phi) is 3.83. The quantitative estimate of drug-likeness (QED) is 0.692. The number of carbonyl (C=O) groups is 1. The minimum absolute atomic E-state index is 0.0357. The second kappa shape index (κ2) is 6.15. The molecule has 0 radical (unpaired) electrons. The Morgan fingerprint density at radius 1 is 1.12 bits per heavy atom. The van der Waals surface area contributed by atoms with Crippen LogP contribution in [-0.4, -0.2) is 66.5 Å². The molecule has 1 saturated heterocycles. The largest absolute Gasteiger partial charge is 0.352 e. The number of hydrogen-bond acceptors (Lipinski definition) is 6. The first kappa shape index (κ1) is 15.6. The van der Waals surface area contributed by atoms with Crippen LogP contribution in [0.2, 0.25) is 0 Å². The van der Waals surface area contributed by atoms with E-state index in [1.165, 1.54) is 0 Å². The van der Waals surface area contributed by atoms with Crippen LogP contribution in [0.15, 0.2) is 24.9 Å². The lowest BCUT2D eigenvalue weighted by Crippen LogP contribution is -2.49. The SMILES string of the molecule is CCn1cc(C(=O)N2CCN(c3ncnc4c3cnn4C)CC2)cn1. The van der Waals surface area contributed by atoms with Gasteiger partial charge in [0.1, 0.15) is 12.1 Å². The maximum atomic E-state index is 12.6. The van der Waals surface area contributed by atoms with Gasteiger partial charge in [0.15, 0.2) is 5.65 Å². The number of fused-ring (bicyclic) bond motifs is 1. The smallest absolute Gasteiger partial charge is 0.257 e. The molecule has 0 unspecified atom stereocenters. The molecular formula is C16H20N8O. The van der Waals surface area contributed by atoms with Crippen molar-refractivity contribution < 1.29 is 4.79 Å². The van der Waals surface area contributed by atoms with Crippen LogP contribution in [0, 0.1) is 0 Å². The number of rotatable bonds is 3. The summed E-state index contributed by atoms with van der Waals surface area (Å²) >= 11 is 0. The topological polar surface area (TPSA) is 85.0 Å². The fraction of sp³-hybridized carbons (Fsp3) is 0.438. The van der Waals surface area contributed by atoms with E-state index in [-0.39, 0.29) is 5.91 Å². The summed E-state index contributed by atoms with van der Waals surface area (Å²) in [5.74, 6) is 0.914. The van der Waals surface area contributed by atoms with E-state index in [9.17, 15) is 4.79 Å². The molecule has 1 aliphatic rings. The maximum absolute atomic E-state index is 12.6. The van der Waals surface area contributed by atoms with Crippen molar-refractivity contribution in [2.75, 3.05) is 31.1 Å². The van der Waals surface area contributed by atoms with Crippen LogP contribution in [0.4, 0.5) is 5.82 Å². The number of hydrogen-bond donors (Lipinski definition) is 0. The van der Waals surface area contributed by atoms with E-state index in [1.54, 1.807) is 34.3 Å². The highest BCUT2D eigenvalue weighted by atomic mass is 16.2. The summed E-state index contributed by atoms with van der Waals surface area (Å²) in [7, 11) is 1.87. The number of nitrogens with zero attached hydrogens (tertiary/aromatic N) is 8. The summed E-state index contributed by atoms with van der Waals surface area (Å²) in [5.41, 5.74) is 1.46. The third-order valence-corrected chi connectivity index (χ3v) is 4.58. The van der Waals surface area contributed by atoms with Crippen molar-refractivity contribution >= 4 is 22.8 Å². The van der Waals surface area contributed by atoms with Crippen molar-refractivity contribution in [3.8, 4) is 0 Å². The molecule has 130 valence electrons. The third-order valence-electron chi connectivity index (χ3n) is 4.58. The highest BCUT2D eigenvalue weighted by molar-refractivity contribution is 5.94. The molecule has 9 heteroatoms. The molecule has 4 rings (SSSR count). The van der Waals surface area contributed by atoms with Gasteiger partial charge in [-0.15, -0.1) is 0 Å². The van der Waals surface area contributed by atoms with Gasteiger partial charge in [-0.1, -0.05) is 0 Å². The molecule has 0 spiro atoms. The van der Waals surface area contributed by atoms with Gasteiger partial charge in [0, 0.05) is 46.0 Å². The van der Waals surface area contributed by atoms with Gasteiger partial charge in [0.05, 0.1) is 23.3 Å². The summed E-state index contributed by atoms with van der Waals surface area (Å²) < 4.78 is 3.51. The Morgan fingerprint density at radius 2 is 1.92 bits per heavy atom. The number of aromatic nitrogens is 6. The van der Waals surface area contributed by atoms with Crippen molar-refractivity contribution in [1.29, 1.82) is 0 Å². The standard InChI is InChI=1S/C16H20N8O/c1-3-24-10-12(8-20-24)16(25)23-6-4-22(5-7-23)15-13-9-19-21(2)14(13)17-11-18-15/h8-11H,3-7H2,1-2H3. The van der Waals surface area contributed by atoms with Crippen LogP contribution >= 0.6 is 0 Å². The zero-order valence-electron chi connectivity index (χ0n) is 14.3. The zero-order chi connectivity index (χ0) is 17.4. The lowest BCUT2D eigenvalue weighted by atomic mass is 10.2. The van der Waals surface area contributed by atoms with Gasteiger partial charge >= 0.3 is 0 Å². The molecule has 0 atom stereocenters. The number of anilines is 1. The van der Waals surface area contributed by atoms with E-state index in [0.717, 1.165) is 36.5 Å². The van der Waals surface area contributed by atoms with Crippen LogP contribution in [0.3, 0.4) is 0 Å². The number of piperazine rings is 1. The summed E-state index contributed by atoms with van der Waals surface area (Å²) in [6, 6.07) is 0. The normalized spacial score (nSPS) is 15.1. The van der Waals surface area contributed by atoms with Crippen LogP contribution in [0.25, 0.3) is 11.0 Å². The van der Waals surface area contributed by atoms with Gasteiger partial charge in [0.25, 0.3) is 5.91 Å². The summed E-state index contributed by atoms with van der Waals surface area (Å²) in [4.78, 5) is 25.4. The van der Waals surface area contributed by atoms with Crippen molar-refractivity contribution in [2.24, 2.45) is 7.05 Å². The monoisotopic (exact) mass is 340 g/mol. The third kappa shape index (κ3) is 2.71. The Balaban J connectivity index is 1.48. The van der Waals surface area contributed by atoms with Crippen molar-refractivity contribution in [2.45, 2.75) is 13.5 Å². The number of aryl methyl sites for hydroxylation is 2. The molecule has 0 N–H and O–H groups in total. The predicted octanol–water partition coefficient (Wildman–Crippen LogP) is 0.542. The van der Waals surface area contributed by atoms with E-state index in [1.807, 2.05) is 18.9 Å². The minimum atomic E-state index is 0.0357. The molecule has 4 heterocycles. The van der Waals surface area contributed by atoms with E-state index in [0.29, 0.717) is 18.7 Å². The van der Waals surface area contributed by atoms with Crippen molar-refractivity contribution in [1.82, 2.24) is 34.4 Å². The lowest BCUT2D eigenvalue weighted by Gasteiger charge is -2.35. The van der Waals surface area contributed by atoms with Crippen LogP contribution in [0.5, 0.6) is 0 Å². The van der Waals surface area contributed by atoms with E-state index in [4.69, 9.17) is 0 Å². The Morgan fingerprint density at radius 3 is 2.64 bits per heavy atom. The van der Waals surface area contributed by atoms with Gasteiger partial charge in [0.2, 0.25) is 0 Å². The second-order valence-electron chi connectivity index (χ2n) is 6.07. The predicted molar refractivity (Wildman–Crippen MR) is 92.3 cm³/mol. The van der Waals surface area contributed by atoms with E-state index in [2.05, 4.69) is 25.1 Å². The first-order valence-corrected chi connectivity index (χ1v) is 8.36. The van der Waals surface area contributed by atoms with Gasteiger partial charge < -0.3 is 9.80 Å². The van der Waals surface area contributed by atoms with Gasteiger partial charge in [-0.3, -0.25) is 14.2 Å². The number of carbonyl (C=O) groups excluding carboxylic acids is 1. The molecule has 1 aliphatic heterocycles. The molecule has 1 amide bonds. The molecule has 1 fully saturated rings. The van der Waals surface area contributed by atoms with Crippen LogP contribution < -0.4 is 4.90 Å². The highest BCUT2D eigenvalue weighted by Crippen LogP contribution is 2.23. The lowest BCUT2D eigenvalue weighted by molar-refractivity contribution is 0.0746. The Labute approximate surface area is 144 Å². The first-order chi connectivity index (χ1) is 12.2. The zero-order valence-corrected chi connectivity index (χ0v) is 14.3. The molecule has 25 heavy (non-hydrogen) atoms. The molecule has 9 nitrogen and oxygen atoms in total. The first-order valence-electron chi connectivity index (χ1n) is 8.36. The van der Waals surface area contributed by atoms with E-state index < -0.39 is 0 Å². The number of amides is 1. The highest BCUT2D eigenvalue weighted by Gasteiger charge is 2.25. The fourth-order valence-electron chi connectivity index (χ4n) is 3.15. The minimum Gasteiger partial charge on any atom is -0.352 e. The average molecular weight is 340 g/mol. The summed E-state index contributed by atoms with van der Waals surface area (Å²) in [5, 5.41) is 9.38. The average Bonchev–Trinajstić information content (AvgIpc) is 3.28. The van der Waals surface area contributed by atoms with Crippen molar-refractivity contribution in [3.05, 3.63) is 30.5 Å².